The van der Waals surface area contributed by atoms with Gasteiger partial charge in [-0.05, 0) is 92.9 Å². The van der Waals surface area contributed by atoms with Gasteiger partial charge < -0.3 is 19.5 Å². The first-order valence-electron chi connectivity index (χ1n) is 15.5. The highest BCUT2D eigenvalue weighted by molar-refractivity contribution is 5.87. The molecule has 1 aliphatic heterocycles. The molecule has 1 aromatic heterocycles. The molecule has 0 bridgehead atoms. The third-order valence-corrected chi connectivity index (χ3v) is 8.52. The SMILES string of the molecule is CCc1cccc2c(CCC(=O)NCc3ccccc3)cn(CCCN3CCC(CCOc4ccccc4)CC3)c12. The highest BCUT2D eigenvalue weighted by Crippen LogP contribution is 2.27. The van der Waals surface area contributed by atoms with Gasteiger partial charge in [0.2, 0.25) is 5.91 Å². The molecule has 0 saturated carbocycles. The topological polar surface area (TPSA) is 46.5 Å². The summed E-state index contributed by atoms with van der Waals surface area (Å²) in [6.07, 6.45) is 9.41. The Morgan fingerprint density at radius 2 is 1.66 bits per heavy atom. The Morgan fingerprint density at radius 1 is 0.902 bits per heavy atom. The maximum Gasteiger partial charge on any atom is 0.220 e. The van der Waals surface area contributed by atoms with Crippen LogP contribution in [0.2, 0.25) is 0 Å². The van der Waals surface area contributed by atoms with Crippen LogP contribution in [0, 0.1) is 5.92 Å². The van der Waals surface area contributed by atoms with Crippen LogP contribution in [0.4, 0.5) is 0 Å². The summed E-state index contributed by atoms with van der Waals surface area (Å²) < 4.78 is 8.39. The zero-order valence-corrected chi connectivity index (χ0v) is 24.6. The van der Waals surface area contributed by atoms with Crippen molar-refractivity contribution in [2.24, 2.45) is 5.92 Å². The van der Waals surface area contributed by atoms with Gasteiger partial charge in [0.1, 0.15) is 5.75 Å². The van der Waals surface area contributed by atoms with E-state index in [4.69, 9.17) is 4.74 Å². The predicted octanol–water partition coefficient (Wildman–Crippen LogP) is 7.02. The van der Waals surface area contributed by atoms with Crippen molar-refractivity contribution in [2.45, 2.75) is 65.0 Å². The first kappa shape index (κ1) is 28.9. The van der Waals surface area contributed by atoms with Crippen LogP contribution in [-0.2, 0) is 30.7 Å². The van der Waals surface area contributed by atoms with E-state index in [2.05, 4.69) is 46.1 Å². The van der Waals surface area contributed by atoms with Crippen LogP contribution in [0.5, 0.6) is 5.75 Å². The van der Waals surface area contributed by atoms with Gasteiger partial charge in [-0.25, -0.2) is 0 Å². The van der Waals surface area contributed by atoms with Crippen LogP contribution in [0.25, 0.3) is 10.9 Å². The van der Waals surface area contributed by atoms with E-state index in [1.165, 1.54) is 48.0 Å². The smallest absolute Gasteiger partial charge is 0.220 e. The van der Waals surface area contributed by atoms with E-state index < -0.39 is 0 Å². The molecule has 1 aliphatic rings. The molecule has 1 amide bonds. The summed E-state index contributed by atoms with van der Waals surface area (Å²) in [4.78, 5) is 15.3. The van der Waals surface area contributed by atoms with E-state index >= 15 is 0 Å². The molecule has 5 rings (SSSR count). The lowest BCUT2D eigenvalue weighted by molar-refractivity contribution is -0.121. The van der Waals surface area contributed by atoms with E-state index in [-0.39, 0.29) is 5.91 Å². The molecular weight excluding hydrogens is 506 g/mol. The average Bonchev–Trinajstić information content (AvgIpc) is 3.38. The minimum atomic E-state index is 0.108. The van der Waals surface area contributed by atoms with Gasteiger partial charge in [0.25, 0.3) is 0 Å². The molecule has 3 aromatic carbocycles. The highest BCUT2D eigenvalue weighted by atomic mass is 16.5. The fraction of sp³-hybridized carbons (Fsp3) is 0.417. The molecule has 0 radical (unpaired) electrons. The first-order chi connectivity index (χ1) is 20.2. The minimum absolute atomic E-state index is 0.108. The zero-order chi connectivity index (χ0) is 28.3. The number of fused-ring (bicyclic) bond motifs is 1. The van der Waals surface area contributed by atoms with E-state index in [1.54, 1.807) is 0 Å². The number of ether oxygens (including phenoxy) is 1. The van der Waals surface area contributed by atoms with E-state index in [1.807, 2.05) is 60.7 Å². The van der Waals surface area contributed by atoms with Gasteiger partial charge >= 0.3 is 0 Å². The molecule has 2 heterocycles. The number of amides is 1. The number of nitrogens with zero attached hydrogens (tertiary/aromatic N) is 2. The molecule has 216 valence electrons. The fourth-order valence-corrected chi connectivity index (χ4v) is 6.13. The molecule has 1 N–H and O–H groups in total. The summed E-state index contributed by atoms with van der Waals surface area (Å²) in [6, 6.07) is 26.9. The lowest BCUT2D eigenvalue weighted by Gasteiger charge is -2.32. The summed E-state index contributed by atoms with van der Waals surface area (Å²) in [5.74, 6) is 1.85. The lowest BCUT2D eigenvalue weighted by atomic mass is 9.94. The number of nitrogens with one attached hydrogen (secondary N) is 1. The maximum atomic E-state index is 12.6. The third kappa shape index (κ3) is 8.23. The molecule has 0 spiro atoms. The number of hydrogen-bond donors (Lipinski definition) is 1. The van der Waals surface area contributed by atoms with Crippen LogP contribution < -0.4 is 10.1 Å². The summed E-state index contributed by atoms with van der Waals surface area (Å²) in [7, 11) is 0. The van der Waals surface area contributed by atoms with Crippen molar-refractivity contribution in [1.82, 2.24) is 14.8 Å². The Bertz CT molecular complexity index is 1360. The van der Waals surface area contributed by atoms with Crippen LogP contribution >= 0.6 is 0 Å². The van der Waals surface area contributed by atoms with Crippen molar-refractivity contribution >= 4 is 16.8 Å². The Balaban J connectivity index is 1.09. The number of carbonyl (C=O) groups is 1. The van der Waals surface area contributed by atoms with Gasteiger partial charge in [-0.3, -0.25) is 4.79 Å². The first-order valence-corrected chi connectivity index (χ1v) is 15.5. The summed E-state index contributed by atoms with van der Waals surface area (Å²) in [5, 5.41) is 4.39. The number of rotatable bonds is 14. The number of aromatic nitrogens is 1. The second-order valence-electron chi connectivity index (χ2n) is 11.4. The zero-order valence-electron chi connectivity index (χ0n) is 24.6. The van der Waals surface area contributed by atoms with Crippen molar-refractivity contribution in [3.8, 4) is 5.75 Å². The normalized spacial score (nSPS) is 14.4. The van der Waals surface area contributed by atoms with Gasteiger partial charge in [0, 0.05) is 31.1 Å². The summed E-state index contributed by atoms with van der Waals surface area (Å²) >= 11 is 0. The van der Waals surface area contributed by atoms with E-state index in [0.717, 1.165) is 62.6 Å². The van der Waals surface area contributed by atoms with Crippen molar-refractivity contribution in [1.29, 1.82) is 0 Å². The van der Waals surface area contributed by atoms with Crippen LogP contribution in [0.1, 0.15) is 55.7 Å². The van der Waals surface area contributed by atoms with Crippen LogP contribution in [0.15, 0.2) is 85.1 Å². The molecule has 1 fully saturated rings. The van der Waals surface area contributed by atoms with Gasteiger partial charge in [-0.1, -0.05) is 73.7 Å². The second kappa shape index (κ2) is 14.9. The Hall–Kier alpha value is -3.57. The average molecular weight is 552 g/mol. The number of carbonyl (C=O) groups excluding carboxylic acids is 1. The van der Waals surface area contributed by atoms with Crippen molar-refractivity contribution in [2.75, 3.05) is 26.2 Å². The molecule has 41 heavy (non-hydrogen) atoms. The summed E-state index contributed by atoms with van der Waals surface area (Å²) in [6.45, 7) is 8.15. The molecule has 0 aliphatic carbocycles. The van der Waals surface area contributed by atoms with Crippen molar-refractivity contribution < 1.29 is 9.53 Å². The molecular formula is C36H45N3O2. The molecule has 5 heteroatoms. The van der Waals surface area contributed by atoms with Gasteiger partial charge in [-0.2, -0.15) is 0 Å². The van der Waals surface area contributed by atoms with E-state index in [9.17, 15) is 4.79 Å². The minimum Gasteiger partial charge on any atom is -0.494 e. The largest absolute Gasteiger partial charge is 0.494 e. The molecule has 1 saturated heterocycles. The number of hydrogen-bond acceptors (Lipinski definition) is 3. The van der Waals surface area contributed by atoms with Crippen LogP contribution in [0.3, 0.4) is 0 Å². The predicted molar refractivity (Wildman–Crippen MR) is 168 cm³/mol. The number of benzene rings is 3. The second-order valence-corrected chi connectivity index (χ2v) is 11.4. The third-order valence-electron chi connectivity index (χ3n) is 8.52. The number of likely N-dealkylation sites (tertiary alicyclic amines) is 1. The van der Waals surface area contributed by atoms with Gasteiger partial charge in [0.15, 0.2) is 0 Å². The number of piperidine rings is 1. The molecule has 0 atom stereocenters. The highest BCUT2D eigenvalue weighted by Gasteiger charge is 2.19. The Kier molecular flexibility index (Phi) is 10.5. The molecule has 4 aromatic rings. The molecule has 0 unspecified atom stereocenters. The number of aryl methyl sites for hydroxylation is 3. The Morgan fingerprint density at radius 3 is 2.41 bits per heavy atom. The summed E-state index contributed by atoms with van der Waals surface area (Å²) in [5.41, 5.74) is 5.16. The van der Waals surface area contributed by atoms with Crippen molar-refractivity contribution in [3.63, 3.8) is 0 Å². The lowest BCUT2D eigenvalue weighted by Crippen LogP contribution is -2.35. The van der Waals surface area contributed by atoms with Gasteiger partial charge in [0.05, 0.1) is 12.1 Å². The van der Waals surface area contributed by atoms with E-state index in [0.29, 0.717) is 13.0 Å². The standard InChI is InChI=1S/C36H45N3O2/c1-2-31-13-9-16-34-32(17-18-35(40)37-27-30-11-5-3-6-12-30)28-39(36(31)34)23-10-22-38-24-19-29(20-25-38)21-26-41-33-14-7-4-8-15-33/h3-9,11-16,28-29H,2,10,17-27H2,1H3,(H,37,40). The number of para-hydroxylation sites is 2. The monoisotopic (exact) mass is 551 g/mol. The maximum absolute atomic E-state index is 12.6. The Labute approximate surface area is 245 Å². The molecule has 5 nitrogen and oxygen atoms in total. The van der Waals surface area contributed by atoms with Crippen molar-refractivity contribution in [3.05, 3.63) is 102 Å². The fourth-order valence-electron chi connectivity index (χ4n) is 6.13. The van der Waals surface area contributed by atoms with Gasteiger partial charge in [-0.15, -0.1) is 0 Å². The quantitative estimate of drug-likeness (QED) is 0.183. The van der Waals surface area contributed by atoms with Crippen LogP contribution in [-0.4, -0.2) is 41.6 Å².